The van der Waals surface area contributed by atoms with Gasteiger partial charge in [-0.25, -0.2) is 0 Å². The van der Waals surface area contributed by atoms with E-state index in [1.807, 2.05) is 42.2 Å². The molecule has 1 heterocycles. The van der Waals surface area contributed by atoms with Crippen LogP contribution in [0.1, 0.15) is 30.9 Å². The number of ether oxygens (including phenoxy) is 1. The van der Waals surface area contributed by atoms with Gasteiger partial charge >= 0.3 is 0 Å². The van der Waals surface area contributed by atoms with E-state index < -0.39 is 0 Å². The second-order valence-corrected chi connectivity index (χ2v) is 10.8. The summed E-state index contributed by atoms with van der Waals surface area (Å²) in [6.07, 6.45) is 4.44. The molecule has 0 saturated heterocycles. The van der Waals surface area contributed by atoms with E-state index in [1.54, 1.807) is 29.2 Å². The number of nitrogens with zero attached hydrogens (tertiary/aromatic N) is 3. The fourth-order valence-corrected chi connectivity index (χ4v) is 4.80. The van der Waals surface area contributed by atoms with Crippen molar-refractivity contribution in [2.24, 2.45) is 0 Å². The van der Waals surface area contributed by atoms with E-state index in [0.29, 0.717) is 36.8 Å². The lowest BCUT2D eigenvalue weighted by atomic mass is 10.1. The maximum absolute atomic E-state index is 13.8. The number of H-pyrrole nitrogens is 1. The Balaban J connectivity index is 1.48. The first-order valence-corrected chi connectivity index (χ1v) is 14.5. The van der Waals surface area contributed by atoms with Crippen molar-refractivity contribution in [1.29, 1.82) is 0 Å². The monoisotopic (exact) mass is 574 g/mol. The van der Waals surface area contributed by atoms with Gasteiger partial charge in [0.05, 0.1) is 6.54 Å². The third kappa shape index (κ3) is 8.51. The van der Waals surface area contributed by atoms with E-state index in [1.165, 1.54) is 0 Å². The van der Waals surface area contributed by atoms with Gasteiger partial charge in [0, 0.05) is 61.5 Å². The van der Waals surface area contributed by atoms with Gasteiger partial charge in [-0.05, 0) is 66.4 Å². The van der Waals surface area contributed by atoms with Gasteiger partial charge in [-0.1, -0.05) is 55.3 Å². The zero-order chi connectivity index (χ0) is 29.2. The molecular weight excluding hydrogens is 536 g/mol. The Morgan fingerprint density at radius 2 is 1.61 bits per heavy atom. The number of anilines is 1. The van der Waals surface area contributed by atoms with Crippen LogP contribution < -0.4 is 9.64 Å². The predicted octanol–water partition coefficient (Wildman–Crippen LogP) is 6.17. The van der Waals surface area contributed by atoms with Crippen LogP contribution in [0.5, 0.6) is 5.75 Å². The van der Waals surface area contributed by atoms with E-state index >= 15 is 0 Å². The molecule has 1 aromatic heterocycles. The minimum atomic E-state index is -0.214. The highest BCUT2D eigenvalue weighted by Crippen LogP contribution is 2.20. The Bertz CT molecular complexity index is 1420. The van der Waals surface area contributed by atoms with Gasteiger partial charge in [-0.2, -0.15) is 0 Å². The fraction of sp³-hybridized carbons (Fsp3) is 0.333. The first-order chi connectivity index (χ1) is 19.8. The van der Waals surface area contributed by atoms with Gasteiger partial charge in [0.25, 0.3) is 5.91 Å². The van der Waals surface area contributed by atoms with E-state index in [2.05, 4.69) is 48.3 Å². The minimum Gasteiger partial charge on any atom is -0.484 e. The summed E-state index contributed by atoms with van der Waals surface area (Å²) in [6, 6.07) is 23.3. The molecule has 41 heavy (non-hydrogen) atoms. The summed E-state index contributed by atoms with van der Waals surface area (Å²) in [5.41, 5.74) is 4.39. The molecule has 0 aliphatic rings. The van der Waals surface area contributed by atoms with Crippen molar-refractivity contribution >= 4 is 40.0 Å². The number of carbonyl (C=O) groups is 2. The molecule has 216 valence electrons. The highest BCUT2D eigenvalue weighted by molar-refractivity contribution is 6.30. The minimum absolute atomic E-state index is 0.00643. The molecular formula is C33H39ClN4O3. The van der Waals surface area contributed by atoms with Crippen LogP contribution in [-0.4, -0.2) is 66.9 Å². The van der Waals surface area contributed by atoms with Gasteiger partial charge in [0.15, 0.2) is 6.61 Å². The van der Waals surface area contributed by atoms with Crippen molar-refractivity contribution in [3.05, 3.63) is 95.1 Å². The van der Waals surface area contributed by atoms with E-state index in [9.17, 15) is 9.59 Å². The third-order valence-electron chi connectivity index (χ3n) is 7.14. The summed E-state index contributed by atoms with van der Waals surface area (Å²) < 4.78 is 5.71. The van der Waals surface area contributed by atoms with Crippen LogP contribution in [0.4, 0.5) is 5.69 Å². The molecule has 0 aliphatic carbocycles. The maximum atomic E-state index is 13.8. The number of hydrogen-bond donors (Lipinski definition) is 1. The van der Waals surface area contributed by atoms with Gasteiger partial charge in [-0.3, -0.25) is 9.59 Å². The number of aromatic amines is 1. The zero-order valence-corrected chi connectivity index (χ0v) is 24.9. The first-order valence-electron chi connectivity index (χ1n) is 14.1. The number of carbonyl (C=O) groups excluding carboxylic acids is 2. The van der Waals surface area contributed by atoms with Gasteiger partial charge in [-0.15, -0.1) is 0 Å². The lowest BCUT2D eigenvalue weighted by Crippen LogP contribution is -2.45. The molecule has 0 saturated carbocycles. The van der Waals surface area contributed by atoms with Gasteiger partial charge in [0.2, 0.25) is 5.91 Å². The Labute approximate surface area is 247 Å². The molecule has 0 aliphatic heterocycles. The summed E-state index contributed by atoms with van der Waals surface area (Å²) >= 11 is 5.96. The zero-order valence-electron chi connectivity index (χ0n) is 24.1. The van der Waals surface area contributed by atoms with Crippen molar-refractivity contribution in [3.8, 4) is 5.75 Å². The summed E-state index contributed by atoms with van der Waals surface area (Å²) in [5.74, 6) is 0.261. The number of halogens is 1. The third-order valence-corrected chi connectivity index (χ3v) is 7.39. The maximum Gasteiger partial charge on any atom is 0.260 e. The number of unbranched alkanes of at least 4 members (excludes halogenated alkanes) is 1. The van der Waals surface area contributed by atoms with Crippen molar-refractivity contribution in [2.45, 2.75) is 32.7 Å². The molecule has 4 aromatic rings. The number of aromatic nitrogens is 1. The van der Waals surface area contributed by atoms with Gasteiger partial charge in [0.1, 0.15) is 5.75 Å². The average Bonchev–Trinajstić information content (AvgIpc) is 3.40. The summed E-state index contributed by atoms with van der Waals surface area (Å²) in [6.45, 7) is 3.43. The largest absolute Gasteiger partial charge is 0.484 e. The average molecular weight is 575 g/mol. The molecule has 0 radical (unpaired) electrons. The summed E-state index contributed by atoms with van der Waals surface area (Å²) in [7, 11) is 4.01. The molecule has 0 spiro atoms. The molecule has 0 unspecified atom stereocenters. The van der Waals surface area contributed by atoms with Crippen LogP contribution in [0.3, 0.4) is 0 Å². The van der Waals surface area contributed by atoms with Crippen LogP contribution in [0, 0.1) is 0 Å². The molecule has 4 rings (SSSR count). The molecule has 0 atom stereocenters. The number of hydrogen-bond acceptors (Lipinski definition) is 4. The number of benzene rings is 3. The highest BCUT2D eigenvalue weighted by atomic mass is 35.5. The number of para-hydroxylation sites is 1. The van der Waals surface area contributed by atoms with Crippen LogP contribution in [-0.2, 0) is 22.6 Å². The lowest BCUT2D eigenvalue weighted by Gasteiger charge is -2.28. The standard InChI is InChI=1S/C33H39ClN4O3/c1-4-5-19-37(33(40)24-41-29-16-12-27(34)13-17-29)23-32(39)38(22-25-10-14-28(15-11-25)36(2)3)20-18-26-21-35-31-9-7-6-8-30(26)31/h6-17,21,35H,4-5,18-20,22-24H2,1-3H3. The van der Waals surface area contributed by atoms with Crippen molar-refractivity contribution in [2.75, 3.05) is 45.2 Å². The highest BCUT2D eigenvalue weighted by Gasteiger charge is 2.22. The Morgan fingerprint density at radius 3 is 2.32 bits per heavy atom. The van der Waals surface area contributed by atoms with E-state index in [-0.39, 0.29) is 25.0 Å². The Kier molecular flexibility index (Phi) is 10.7. The normalized spacial score (nSPS) is 10.9. The number of nitrogens with one attached hydrogen (secondary N) is 1. The molecule has 7 nitrogen and oxygen atoms in total. The van der Waals surface area contributed by atoms with E-state index in [0.717, 1.165) is 40.6 Å². The van der Waals surface area contributed by atoms with Crippen LogP contribution in [0.25, 0.3) is 10.9 Å². The second kappa shape index (κ2) is 14.6. The van der Waals surface area contributed by atoms with Crippen LogP contribution in [0.15, 0.2) is 79.0 Å². The second-order valence-electron chi connectivity index (χ2n) is 10.4. The first kappa shape index (κ1) is 30.0. The van der Waals surface area contributed by atoms with Gasteiger partial charge < -0.3 is 24.4 Å². The van der Waals surface area contributed by atoms with E-state index in [4.69, 9.17) is 16.3 Å². The summed E-state index contributed by atoms with van der Waals surface area (Å²) in [4.78, 5) is 35.8. The quantitative estimate of drug-likeness (QED) is 0.196. The van der Waals surface area contributed by atoms with Crippen LogP contribution in [0.2, 0.25) is 5.02 Å². The predicted molar refractivity (Wildman–Crippen MR) is 167 cm³/mol. The Morgan fingerprint density at radius 1 is 0.878 bits per heavy atom. The molecule has 2 amide bonds. The number of fused-ring (bicyclic) bond motifs is 1. The molecule has 0 fully saturated rings. The smallest absolute Gasteiger partial charge is 0.260 e. The Hall–Kier alpha value is -3.97. The van der Waals surface area contributed by atoms with Crippen molar-refractivity contribution in [1.82, 2.24) is 14.8 Å². The summed E-state index contributed by atoms with van der Waals surface area (Å²) in [5, 5.41) is 1.76. The number of amides is 2. The fourth-order valence-electron chi connectivity index (χ4n) is 4.68. The molecule has 8 heteroatoms. The lowest BCUT2D eigenvalue weighted by molar-refractivity contribution is -0.142. The van der Waals surface area contributed by atoms with Crippen LogP contribution >= 0.6 is 11.6 Å². The molecule has 1 N–H and O–H groups in total. The molecule has 3 aromatic carbocycles. The molecule has 0 bridgehead atoms. The van der Waals surface area contributed by atoms with Crippen molar-refractivity contribution < 1.29 is 14.3 Å². The topological polar surface area (TPSA) is 68.9 Å². The van der Waals surface area contributed by atoms with Crippen molar-refractivity contribution in [3.63, 3.8) is 0 Å². The number of rotatable bonds is 14. The SMILES string of the molecule is CCCCN(CC(=O)N(CCc1c[nH]c2ccccc12)Cc1ccc(N(C)C)cc1)C(=O)COc1ccc(Cl)cc1.